The Hall–Kier alpha value is -1.10. The van der Waals surface area contributed by atoms with Crippen molar-refractivity contribution in [3.63, 3.8) is 0 Å². The molecule has 0 radical (unpaired) electrons. The molecule has 1 heterocycles. The molecule has 0 aromatic heterocycles. The number of hydrogen-bond donors (Lipinski definition) is 1. The van der Waals surface area contributed by atoms with Crippen LogP contribution >= 0.6 is 0 Å². The lowest BCUT2D eigenvalue weighted by Crippen LogP contribution is -2.45. The first-order valence-corrected chi connectivity index (χ1v) is 7.28. The quantitative estimate of drug-likeness (QED) is 0.763. The fourth-order valence-electron chi connectivity index (χ4n) is 2.37. The Bertz CT molecular complexity index is 301. The first-order chi connectivity index (χ1) is 9.04. The highest BCUT2D eigenvalue weighted by molar-refractivity contribution is 5.78. The number of carboxylic acid groups (broad SMARTS) is 1. The minimum Gasteiger partial charge on any atom is -0.481 e. The molecule has 1 saturated heterocycles. The fourth-order valence-corrected chi connectivity index (χ4v) is 2.37. The predicted octanol–water partition coefficient (Wildman–Crippen LogP) is 1.57. The highest BCUT2D eigenvalue weighted by Crippen LogP contribution is 2.11. The summed E-state index contributed by atoms with van der Waals surface area (Å²) in [5, 5.41) is 8.78. The standard InChI is InChI=1S/C14H26N2O3/c1-3-12(2)16(10-7-14(18)19)11-13(17)15-8-5-4-6-9-15/h12H,3-11H2,1-2H3,(H,18,19). The van der Waals surface area contributed by atoms with Gasteiger partial charge in [0.15, 0.2) is 0 Å². The van der Waals surface area contributed by atoms with Gasteiger partial charge in [-0.05, 0) is 32.6 Å². The van der Waals surface area contributed by atoms with Crippen molar-refractivity contribution in [3.05, 3.63) is 0 Å². The smallest absolute Gasteiger partial charge is 0.304 e. The molecular weight excluding hydrogens is 244 g/mol. The fraction of sp³-hybridized carbons (Fsp3) is 0.857. The third-order valence-electron chi connectivity index (χ3n) is 3.87. The van der Waals surface area contributed by atoms with E-state index in [0.717, 1.165) is 32.4 Å². The Kier molecular flexibility index (Phi) is 6.84. The van der Waals surface area contributed by atoms with Crippen molar-refractivity contribution < 1.29 is 14.7 Å². The van der Waals surface area contributed by atoms with E-state index in [2.05, 4.69) is 6.92 Å². The van der Waals surface area contributed by atoms with Gasteiger partial charge in [-0.2, -0.15) is 0 Å². The Morgan fingerprint density at radius 2 is 1.89 bits per heavy atom. The molecule has 1 fully saturated rings. The van der Waals surface area contributed by atoms with E-state index in [4.69, 9.17) is 5.11 Å². The van der Waals surface area contributed by atoms with Crippen molar-refractivity contribution in [2.75, 3.05) is 26.2 Å². The maximum absolute atomic E-state index is 12.2. The van der Waals surface area contributed by atoms with Crippen LogP contribution in [0.25, 0.3) is 0 Å². The van der Waals surface area contributed by atoms with Crippen LogP contribution in [0.15, 0.2) is 0 Å². The Morgan fingerprint density at radius 3 is 2.42 bits per heavy atom. The lowest BCUT2D eigenvalue weighted by atomic mass is 10.1. The molecule has 110 valence electrons. The molecule has 0 spiro atoms. The summed E-state index contributed by atoms with van der Waals surface area (Å²) >= 11 is 0. The molecule has 0 bridgehead atoms. The van der Waals surface area contributed by atoms with Crippen LogP contribution in [0.2, 0.25) is 0 Å². The largest absolute Gasteiger partial charge is 0.481 e. The zero-order valence-corrected chi connectivity index (χ0v) is 12.1. The van der Waals surface area contributed by atoms with Gasteiger partial charge in [0.25, 0.3) is 0 Å². The number of amides is 1. The van der Waals surface area contributed by atoms with Gasteiger partial charge in [-0.15, -0.1) is 0 Å². The molecule has 5 heteroatoms. The number of carbonyl (C=O) groups excluding carboxylic acids is 1. The molecule has 1 rings (SSSR count). The van der Waals surface area contributed by atoms with E-state index in [1.807, 2.05) is 16.7 Å². The van der Waals surface area contributed by atoms with Crippen molar-refractivity contribution in [2.24, 2.45) is 0 Å². The van der Waals surface area contributed by atoms with Gasteiger partial charge in [0, 0.05) is 25.7 Å². The minimum absolute atomic E-state index is 0.0949. The zero-order chi connectivity index (χ0) is 14.3. The third kappa shape index (κ3) is 5.59. The summed E-state index contributed by atoms with van der Waals surface area (Å²) in [5.41, 5.74) is 0. The number of nitrogens with zero attached hydrogens (tertiary/aromatic N) is 2. The number of piperidine rings is 1. The highest BCUT2D eigenvalue weighted by Gasteiger charge is 2.22. The summed E-state index contributed by atoms with van der Waals surface area (Å²) in [5.74, 6) is -0.663. The van der Waals surface area contributed by atoms with E-state index in [-0.39, 0.29) is 18.4 Å². The van der Waals surface area contributed by atoms with E-state index in [0.29, 0.717) is 13.1 Å². The number of rotatable bonds is 7. The van der Waals surface area contributed by atoms with Crippen LogP contribution in [-0.4, -0.2) is 59.0 Å². The molecule has 1 atom stereocenters. The van der Waals surface area contributed by atoms with Crippen LogP contribution in [0.5, 0.6) is 0 Å². The number of carbonyl (C=O) groups is 2. The summed E-state index contributed by atoms with van der Waals surface area (Å²) in [6.45, 7) is 6.61. The van der Waals surface area contributed by atoms with Crippen LogP contribution in [0, 0.1) is 0 Å². The molecule has 0 aromatic carbocycles. The first kappa shape index (κ1) is 16.0. The van der Waals surface area contributed by atoms with Crippen molar-refractivity contribution >= 4 is 11.9 Å². The van der Waals surface area contributed by atoms with Crippen molar-refractivity contribution in [3.8, 4) is 0 Å². The third-order valence-corrected chi connectivity index (χ3v) is 3.87. The maximum Gasteiger partial charge on any atom is 0.304 e. The van der Waals surface area contributed by atoms with Crippen molar-refractivity contribution in [1.29, 1.82) is 0 Å². The van der Waals surface area contributed by atoms with Crippen LogP contribution in [0.3, 0.4) is 0 Å². The lowest BCUT2D eigenvalue weighted by molar-refractivity contribution is -0.139. The van der Waals surface area contributed by atoms with E-state index in [1.54, 1.807) is 0 Å². The molecule has 0 aliphatic carbocycles. The second-order valence-electron chi connectivity index (χ2n) is 5.31. The Balaban J connectivity index is 2.49. The van der Waals surface area contributed by atoms with E-state index < -0.39 is 5.97 Å². The molecule has 1 aliphatic heterocycles. The van der Waals surface area contributed by atoms with Gasteiger partial charge < -0.3 is 10.0 Å². The van der Waals surface area contributed by atoms with Crippen LogP contribution < -0.4 is 0 Å². The van der Waals surface area contributed by atoms with Crippen molar-refractivity contribution in [1.82, 2.24) is 9.80 Å². The number of likely N-dealkylation sites (tertiary alicyclic amines) is 1. The molecule has 1 aliphatic rings. The normalized spacial score (nSPS) is 17.5. The maximum atomic E-state index is 12.2. The highest BCUT2D eigenvalue weighted by atomic mass is 16.4. The minimum atomic E-state index is -0.807. The zero-order valence-electron chi connectivity index (χ0n) is 12.1. The number of hydrogen-bond acceptors (Lipinski definition) is 3. The van der Waals surface area contributed by atoms with Gasteiger partial charge >= 0.3 is 5.97 Å². The summed E-state index contributed by atoms with van der Waals surface area (Å²) in [6, 6.07) is 0.244. The topological polar surface area (TPSA) is 60.9 Å². The second-order valence-corrected chi connectivity index (χ2v) is 5.31. The molecule has 0 saturated carbocycles. The number of aliphatic carboxylic acids is 1. The molecule has 0 aromatic rings. The summed E-state index contributed by atoms with van der Waals surface area (Å²) in [4.78, 5) is 26.8. The monoisotopic (exact) mass is 270 g/mol. The van der Waals surface area contributed by atoms with E-state index in [1.165, 1.54) is 6.42 Å². The summed E-state index contributed by atoms with van der Waals surface area (Å²) < 4.78 is 0. The molecule has 1 unspecified atom stereocenters. The average molecular weight is 270 g/mol. The molecule has 19 heavy (non-hydrogen) atoms. The molecule has 1 amide bonds. The van der Waals surface area contributed by atoms with Crippen LogP contribution in [-0.2, 0) is 9.59 Å². The van der Waals surface area contributed by atoms with E-state index in [9.17, 15) is 9.59 Å². The summed E-state index contributed by atoms with van der Waals surface area (Å²) in [7, 11) is 0. The number of carboxylic acids is 1. The van der Waals surface area contributed by atoms with Crippen LogP contribution in [0.1, 0.15) is 46.0 Å². The second kappa shape index (κ2) is 8.15. The first-order valence-electron chi connectivity index (χ1n) is 7.28. The predicted molar refractivity (Wildman–Crippen MR) is 74.0 cm³/mol. The van der Waals surface area contributed by atoms with Crippen LogP contribution in [0.4, 0.5) is 0 Å². The van der Waals surface area contributed by atoms with Gasteiger partial charge in [0.05, 0.1) is 13.0 Å². The van der Waals surface area contributed by atoms with Gasteiger partial charge in [-0.3, -0.25) is 14.5 Å². The summed E-state index contributed by atoms with van der Waals surface area (Å²) in [6.07, 6.45) is 4.40. The molecule has 5 nitrogen and oxygen atoms in total. The Labute approximate surface area is 115 Å². The van der Waals surface area contributed by atoms with Crippen molar-refractivity contribution in [2.45, 2.75) is 52.0 Å². The van der Waals surface area contributed by atoms with Gasteiger partial charge in [0.2, 0.25) is 5.91 Å². The lowest BCUT2D eigenvalue weighted by Gasteiger charge is -2.32. The molecule has 1 N–H and O–H groups in total. The van der Waals surface area contributed by atoms with Gasteiger partial charge in [-0.25, -0.2) is 0 Å². The molecular formula is C14H26N2O3. The van der Waals surface area contributed by atoms with Gasteiger partial charge in [0.1, 0.15) is 0 Å². The Morgan fingerprint density at radius 1 is 1.26 bits per heavy atom. The van der Waals surface area contributed by atoms with E-state index >= 15 is 0 Å². The van der Waals surface area contributed by atoms with Gasteiger partial charge in [-0.1, -0.05) is 6.92 Å². The average Bonchev–Trinajstić information content (AvgIpc) is 2.43. The SMILES string of the molecule is CCC(C)N(CCC(=O)O)CC(=O)N1CCCCC1.